The molecule has 1 unspecified atom stereocenters. The summed E-state index contributed by atoms with van der Waals surface area (Å²) in [4.78, 5) is 21.3. The van der Waals surface area contributed by atoms with E-state index in [2.05, 4.69) is 15.3 Å². The Morgan fingerprint density at radius 1 is 1.48 bits per heavy atom. The van der Waals surface area contributed by atoms with Gasteiger partial charge in [0, 0.05) is 12.1 Å². The molecule has 0 fully saturated rings. The SMILES string of the molecule is COC(=O)C1Cc2nc[nH]c2CN1C(=S)Nc1ccccc1C. The number of nitrogens with one attached hydrogen (secondary N) is 2. The number of rotatable bonds is 2. The molecule has 1 aliphatic heterocycles. The van der Waals surface area contributed by atoms with Gasteiger partial charge < -0.3 is 19.9 Å². The van der Waals surface area contributed by atoms with Crippen molar-refractivity contribution in [3.05, 3.63) is 47.5 Å². The minimum Gasteiger partial charge on any atom is -0.467 e. The lowest BCUT2D eigenvalue weighted by Gasteiger charge is -2.35. The number of para-hydroxylation sites is 1. The lowest BCUT2D eigenvalue weighted by Crippen LogP contribution is -2.50. The molecule has 6 nitrogen and oxygen atoms in total. The maximum atomic E-state index is 12.1. The summed E-state index contributed by atoms with van der Waals surface area (Å²) in [6.07, 6.45) is 2.11. The molecule has 1 aromatic heterocycles. The molecule has 0 saturated carbocycles. The van der Waals surface area contributed by atoms with Gasteiger partial charge in [-0.2, -0.15) is 0 Å². The number of anilines is 1. The van der Waals surface area contributed by atoms with Crippen molar-refractivity contribution in [2.75, 3.05) is 12.4 Å². The number of thiocarbonyl (C=S) groups is 1. The summed E-state index contributed by atoms with van der Waals surface area (Å²) in [7, 11) is 1.39. The van der Waals surface area contributed by atoms with Crippen molar-refractivity contribution >= 4 is 29.0 Å². The van der Waals surface area contributed by atoms with Gasteiger partial charge in [0.05, 0.1) is 31.4 Å². The van der Waals surface area contributed by atoms with Crippen molar-refractivity contribution in [2.45, 2.75) is 25.9 Å². The molecule has 1 aliphatic rings. The van der Waals surface area contributed by atoms with Gasteiger partial charge in [-0.3, -0.25) is 0 Å². The smallest absolute Gasteiger partial charge is 0.328 e. The van der Waals surface area contributed by atoms with Crippen LogP contribution in [0.5, 0.6) is 0 Å². The molecule has 120 valence electrons. The number of methoxy groups -OCH3 is 1. The van der Waals surface area contributed by atoms with E-state index < -0.39 is 6.04 Å². The van der Waals surface area contributed by atoms with E-state index in [0.29, 0.717) is 18.1 Å². The number of aryl methyl sites for hydroxylation is 1. The van der Waals surface area contributed by atoms with Gasteiger partial charge in [0.2, 0.25) is 0 Å². The van der Waals surface area contributed by atoms with Crippen molar-refractivity contribution in [1.82, 2.24) is 14.9 Å². The molecule has 0 amide bonds. The molecule has 23 heavy (non-hydrogen) atoms. The summed E-state index contributed by atoms with van der Waals surface area (Å²) < 4.78 is 4.93. The van der Waals surface area contributed by atoms with Crippen LogP contribution in [0.1, 0.15) is 17.0 Å². The third-order valence-electron chi connectivity index (χ3n) is 4.02. The van der Waals surface area contributed by atoms with E-state index in [1.165, 1.54) is 7.11 Å². The predicted octanol–water partition coefficient (Wildman–Crippen LogP) is 2.01. The Labute approximate surface area is 139 Å². The van der Waals surface area contributed by atoms with Crippen LogP contribution < -0.4 is 5.32 Å². The Kier molecular flexibility index (Phi) is 4.29. The molecular weight excluding hydrogens is 312 g/mol. The number of aromatic nitrogens is 2. The maximum Gasteiger partial charge on any atom is 0.328 e. The van der Waals surface area contributed by atoms with Crippen molar-refractivity contribution in [3.8, 4) is 0 Å². The molecule has 0 radical (unpaired) electrons. The van der Waals surface area contributed by atoms with E-state index >= 15 is 0 Å². The van der Waals surface area contributed by atoms with Gasteiger partial charge in [-0.1, -0.05) is 18.2 Å². The highest BCUT2D eigenvalue weighted by Gasteiger charge is 2.35. The Bertz CT molecular complexity index is 743. The second-order valence-electron chi connectivity index (χ2n) is 5.44. The summed E-state index contributed by atoms with van der Waals surface area (Å²) >= 11 is 5.54. The number of hydrogen-bond donors (Lipinski definition) is 2. The van der Waals surface area contributed by atoms with Gasteiger partial charge in [0.1, 0.15) is 6.04 Å². The molecule has 0 saturated heterocycles. The highest BCUT2D eigenvalue weighted by atomic mass is 32.1. The zero-order chi connectivity index (χ0) is 16.4. The van der Waals surface area contributed by atoms with Crippen LogP contribution >= 0.6 is 12.2 Å². The fourth-order valence-corrected chi connectivity index (χ4v) is 3.00. The Hall–Kier alpha value is -2.41. The zero-order valence-corrected chi connectivity index (χ0v) is 13.8. The number of nitrogens with zero attached hydrogens (tertiary/aromatic N) is 2. The van der Waals surface area contributed by atoms with Crippen LogP contribution in [0.15, 0.2) is 30.6 Å². The summed E-state index contributed by atoms with van der Waals surface area (Å²) in [6, 6.07) is 7.41. The minimum atomic E-state index is -0.472. The third-order valence-corrected chi connectivity index (χ3v) is 4.36. The number of carbonyl (C=O) groups excluding carboxylic acids is 1. The highest BCUT2D eigenvalue weighted by Crippen LogP contribution is 2.23. The number of carbonyl (C=O) groups is 1. The molecule has 1 atom stereocenters. The Balaban J connectivity index is 1.85. The van der Waals surface area contributed by atoms with Crippen LogP contribution in [0, 0.1) is 6.92 Å². The fourth-order valence-electron chi connectivity index (χ4n) is 2.70. The van der Waals surface area contributed by atoms with Crippen LogP contribution in [-0.2, 0) is 22.5 Å². The first-order valence-electron chi connectivity index (χ1n) is 7.32. The van der Waals surface area contributed by atoms with Gasteiger partial charge >= 0.3 is 5.97 Å². The van der Waals surface area contributed by atoms with Crippen LogP contribution in [-0.4, -0.2) is 39.1 Å². The number of aromatic amines is 1. The molecule has 0 spiro atoms. The molecule has 0 bridgehead atoms. The van der Waals surface area contributed by atoms with Gasteiger partial charge in [-0.15, -0.1) is 0 Å². The number of benzene rings is 1. The Morgan fingerprint density at radius 3 is 3.00 bits per heavy atom. The van der Waals surface area contributed by atoms with Crippen LogP contribution in [0.3, 0.4) is 0 Å². The number of imidazole rings is 1. The van der Waals surface area contributed by atoms with E-state index in [4.69, 9.17) is 17.0 Å². The van der Waals surface area contributed by atoms with E-state index in [0.717, 1.165) is 22.6 Å². The van der Waals surface area contributed by atoms with Crippen LogP contribution in [0.2, 0.25) is 0 Å². The van der Waals surface area contributed by atoms with Crippen LogP contribution in [0.4, 0.5) is 5.69 Å². The number of H-pyrrole nitrogens is 1. The van der Waals surface area contributed by atoms with Crippen LogP contribution in [0.25, 0.3) is 0 Å². The molecule has 3 rings (SSSR count). The number of esters is 1. The fraction of sp³-hybridized carbons (Fsp3) is 0.312. The molecule has 0 aliphatic carbocycles. The second kappa shape index (κ2) is 6.37. The first kappa shape index (κ1) is 15.5. The van der Waals surface area contributed by atoms with Crippen molar-refractivity contribution in [2.24, 2.45) is 0 Å². The van der Waals surface area contributed by atoms with Crippen molar-refractivity contribution < 1.29 is 9.53 Å². The zero-order valence-electron chi connectivity index (χ0n) is 13.0. The van der Waals surface area contributed by atoms with E-state index in [9.17, 15) is 4.79 Å². The largest absolute Gasteiger partial charge is 0.467 e. The summed E-state index contributed by atoms with van der Waals surface area (Å²) in [6.45, 7) is 2.50. The summed E-state index contributed by atoms with van der Waals surface area (Å²) in [5, 5.41) is 3.72. The van der Waals surface area contributed by atoms with Crippen molar-refractivity contribution in [1.29, 1.82) is 0 Å². The molecule has 7 heteroatoms. The number of ether oxygens (including phenoxy) is 1. The van der Waals surface area contributed by atoms with E-state index in [1.54, 1.807) is 6.33 Å². The van der Waals surface area contributed by atoms with E-state index in [1.807, 2.05) is 36.1 Å². The van der Waals surface area contributed by atoms with Gasteiger partial charge in [-0.25, -0.2) is 9.78 Å². The van der Waals surface area contributed by atoms with Gasteiger partial charge in [0.15, 0.2) is 5.11 Å². The number of fused-ring (bicyclic) bond motifs is 1. The standard InChI is InChI=1S/C16H18N4O2S/c1-10-5-3-4-6-11(10)19-16(23)20-8-13-12(17-9-18-13)7-14(20)15(21)22-2/h3-6,9,14H,7-8H2,1-2H3,(H,17,18)(H,19,23). The first-order valence-corrected chi connectivity index (χ1v) is 7.73. The third kappa shape index (κ3) is 3.05. The molecular formula is C16H18N4O2S. The average Bonchev–Trinajstić information content (AvgIpc) is 3.02. The maximum absolute atomic E-state index is 12.1. The number of hydrogen-bond acceptors (Lipinski definition) is 4. The van der Waals surface area contributed by atoms with Gasteiger partial charge in [0.25, 0.3) is 0 Å². The monoisotopic (exact) mass is 330 g/mol. The molecule has 1 aromatic carbocycles. The molecule has 2 heterocycles. The average molecular weight is 330 g/mol. The van der Waals surface area contributed by atoms with Crippen molar-refractivity contribution in [3.63, 3.8) is 0 Å². The lowest BCUT2D eigenvalue weighted by atomic mass is 10.0. The predicted molar refractivity (Wildman–Crippen MR) is 91.0 cm³/mol. The summed E-state index contributed by atoms with van der Waals surface area (Å²) in [5.74, 6) is -0.312. The normalized spacial score (nSPS) is 16.6. The van der Waals surface area contributed by atoms with Gasteiger partial charge in [-0.05, 0) is 30.8 Å². The minimum absolute atomic E-state index is 0.312. The topological polar surface area (TPSA) is 70.2 Å². The second-order valence-corrected chi connectivity index (χ2v) is 5.83. The van der Waals surface area contributed by atoms with E-state index in [-0.39, 0.29) is 5.97 Å². The quantitative estimate of drug-likeness (QED) is 0.648. The molecule has 2 N–H and O–H groups in total. The highest BCUT2D eigenvalue weighted by molar-refractivity contribution is 7.80. The first-order chi connectivity index (χ1) is 11.1. The Morgan fingerprint density at radius 2 is 2.26 bits per heavy atom. The molecule has 2 aromatic rings. The summed E-state index contributed by atoms with van der Waals surface area (Å²) in [5.41, 5.74) is 3.87. The lowest BCUT2D eigenvalue weighted by molar-refractivity contribution is -0.145.